The first kappa shape index (κ1) is 30.9. The quantitative estimate of drug-likeness (QED) is 0.119. The third kappa shape index (κ3) is 5.57. The number of nitrogens with zero attached hydrogens (tertiary/aromatic N) is 1. The third-order valence-corrected chi connectivity index (χ3v) is 9.56. The minimum atomic E-state index is -1.51. The van der Waals surface area contributed by atoms with Gasteiger partial charge in [0.05, 0.1) is 74.5 Å². The summed E-state index contributed by atoms with van der Waals surface area (Å²) in [7, 11) is 0. The van der Waals surface area contributed by atoms with E-state index in [4.69, 9.17) is 92.8 Å². The molecular weight excluding hydrogens is 688 g/mol. The number of anilines is 1. The fourth-order valence-corrected chi connectivity index (χ4v) is 6.00. The Morgan fingerprint density at radius 2 is 1.27 bits per heavy atom. The van der Waals surface area contributed by atoms with Gasteiger partial charge in [0.2, 0.25) is 0 Å². The first-order valence-corrected chi connectivity index (χ1v) is 13.9. The molecule has 0 atom stereocenters. The fourth-order valence-electron chi connectivity index (χ4n) is 3.93. The lowest BCUT2D eigenvalue weighted by molar-refractivity contribution is 0.0692. The van der Waals surface area contributed by atoms with Crippen LogP contribution in [0.15, 0.2) is 30.3 Å². The van der Waals surface area contributed by atoms with Gasteiger partial charge in [-0.1, -0.05) is 111 Å². The molecule has 0 aliphatic rings. The van der Waals surface area contributed by atoms with Gasteiger partial charge in [0.1, 0.15) is 0 Å². The Morgan fingerprint density at radius 3 is 1.88 bits per heavy atom. The van der Waals surface area contributed by atoms with Crippen LogP contribution in [0.5, 0.6) is 0 Å². The van der Waals surface area contributed by atoms with Crippen LogP contribution in [-0.2, 0) is 6.42 Å². The zero-order valence-corrected chi connectivity index (χ0v) is 25.8. The number of para-hydroxylation sites is 1. The van der Waals surface area contributed by atoms with Crippen molar-refractivity contribution in [2.75, 3.05) is 5.32 Å². The number of pyridine rings is 1. The largest absolute Gasteiger partial charge is 0.478 e. The van der Waals surface area contributed by atoms with Crippen LogP contribution in [0, 0.1) is 6.92 Å². The summed E-state index contributed by atoms with van der Waals surface area (Å²) in [5.74, 6) is -2.85. The number of rotatable bonds is 6. The average molecular weight is 700 g/mol. The minimum absolute atomic E-state index is 0.0248. The summed E-state index contributed by atoms with van der Waals surface area (Å²) in [6.07, 6.45) is -0.375. The van der Waals surface area contributed by atoms with Crippen molar-refractivity contribution in [3.63, 3.8) is 0 Å². The molecule has 0 saturated heterocycles. The number of carboxylic acid groups (broad SMARTS) is 1. The van der Waals surface area contributed by atoms with Crippen LogP contribution in [0.4, 0.5) is 5.69 Å². The number of aromatic nitrogens is 1. The van der Waals surface area contributed by atoms with Gasteiger partial charge >= 0.3 is 5.97 Å². The van der Waals surface area contributed by atoms with Gasteiger partial charge in [-0.15, -0.1) is 0 Å². The smallest absolute Gasteiger partial charge is 0.338 e. The number of ketones is 1. The van der Waals surface area contributed by atoms with E-state index in [2.05, 4.69) is 10.3 Å². The zero-order valence-electron chi connectivity index (χ0n) is 19.7. The second-order valence-corrected chi connectivity index (χ2v) is 11.3. The molecule has 1 amide bonds. The number of aromatic carboxylic acids is 1. The predicted molar refractivity (Wildman–Crippen MR) is 162 cm³/mol. The molecule has 206 valence electrons. The van der Waals surface area contributed by atoms with Crippen molar-refractivity contribution >= 4 is 127 Å². The molecule has 2 N–H and O–H groups in total. The first-order chi connectivity index (χ1) is 18.8. The molecule has 0 spiro atoms. The predicted octanol–water partition coefficient (Wildman–Crippen LogP) is 10.1. The molecule has 1 aromatic heterocycles. The van der Waals surface area contributed by atoms with Gasteiger partial charge in [-0.05, 0) is 24.6 Å². The second kappa shape index (κ2) is 12.1. The molecular formula is C26H12Cl8N2O4. The molecule has 0 aliphatic heterocycles. The lowest BCUT2D eigenvalue weighted by atomic mass is 9.99. The molecule has 40 heavy (non-hydrogen) atoms. The van der Waals surface area contributed by atoms with Crippen LogP contribution in [0.1, 0.15) is 42.3 Å². The minimum Gasteiger partial charge on any atom is -0.478 e. The molecule has 14 heteroatoms. The van der Waals surface area contributed by atoms with Crippen molar-refractivity contribution in [2.24, 2.45) is 0 Å². The Hall–Kier alpha value is -2.00. The van der Waals surface area contributed by atoms with Gasteiger partial charge in [0, 0.05) is 11.1 Å². The van der Waals surface area contributed by atoms with Gasteiger partial charge in [-0.3, -0.25) is 14.6 Å². The van der Waals surface area contributed by atoms with Crippen LogP contribution in [-0.4, -0.2) is 27.8 Å². The van der Waals surface area contributed by atoms with Crippen LogP contribution < -0.4 is 5.32 Å². The fraction of sp³-hybridized carbons (Fsp3) is 0.0769. The van der Waals surface area contributed by atoms with E-state index in [1.807, 2.05) is 0 Å². The maximum absolute atomic E-state index is 13.3. The normalized spacial score (nSPS) is 11.1. The summed E-state index contributed by atoms with van der Waals surface area (Å²) in [6.45, 7) is 1.57. The van der Waals surface area contributed by atoms with E-state index in [0.29, 0.717) is 16.5 Å². The number of hydrogen-bond donors (Lipinski definition) is 2. The van der Waals surface area contributed by atoms with E-state index in [9.17, 15) is 19.5 Å². The number of carboxylic acids is 1. The van der Waals surface area contributed by atoms with E-state index in [1.54, 1.807) is 37.3 Å². The van der Waals surface area contributed by atoms with E-state index in [1.165, 1.54) is 0 Å². The summed E-state index contributed by atoms with van der Waals surface area (Å²) in [6, 6.07) is 8.28. The van der Waals surface area contributed by atoms with E-state index in [-0.39, 0.29) is 58.5 Å². The summed E-state index contributed by atoms with van der Waals surface area (Å²) >= 11 is 49.1. The molecule has 1 heterocycles. The molecule has 0 saturated carbocycles. The highest BCUT2D eigenvalue weighted by atomic mass is 35.5. The maximum atomic E-state index is 13.3. The van der Waals surface area contributed by atoms with Crippen molar-refractivity contribution in [3.05, 3.63) is 98.5 Å². The highest BCUT2D eigenvalue weighted by Gasteiger charge is 2.29. The third-order valence-electron chi connectivity index (χ3n) is 5.86. The summed E-state index contributed by atoms with van der Waals surface area (Å²) in [5, 5.41) is 11.7. The molecule has 0 bridgehead atoms. The molecule has 0 aliphatic carbocycles. The van der Waals surface area contributed by atoms with Crippen LogP contribution >= 0.6 is 92.8 Å². The van der Waals surface area contributed by atoms with Crippen molar-refractivity contribution in [1.82, 2.24) is 4.98 Å². The zero-order chi connectivity index (χ0) is 29.6. The number of benzene rings is 3. The molecule has 6 nitrogen and oxygen atoms in total. The number of carbonyl (C=O) groups excluding carboxylic acids is 2. The van der Waals surface area contributed by atoms with E-state index < -0.39 is 33.8 Å². The number of nitrogens with one attached hydrogen (secondary N) is 1. The topological polar surface area (TPSA) is 96.4 Å². The molecule has 3 aromatic carbocycles. The van der Waals surface area contributed by atoms with Gasteiger partial charge in [-0.25, -0.2) is 4.79 Å². The number of hydrogen-bond acceptors (Lipinski definition) is 4. The lowest BCUT2D eigenvalue weighted by Gasteiger charge is -2.15. The van der Waals surface area contributed by atoms with Gasteiger partial charge in [0.25, 0.3) is 5.91 Å². The maximum Gasteiger partial charge on any atom is 0.338 e. The summed E-state index contributed by atoms with van der Waals surface area (Å²) in [5.41, 5.74) is 0.224. The second-order valence-electron chi connectivity index (χ2n) is 8.30. The summed E-state index contributed by atoms with van der Waals surface area (Å²) < 4.78 is 0. The standard InChI is InChI=1S/C26H12Cl8N2O4/c1-8-13(17(28)21(32)20(31)16(8)27)25(38)36-11-4-2-3-9-5-6-10(35-24(9)11)7-12(37)14-15(26(39)40)19(30)23(34)22(33)18(14)29/h2-6H,7H2,1H3,(H,36,38)(H,39,40). The Labute approximate surface area is 267 Å². The Morgan fingerprint density at radius 1 is 0.725 bits per heavy atom. The summed E-state index contributed by atoms with van der Waals surface area (Å²) in [4.78, 5) is 42.9. The van der Waals surface area contributed by atoms with Crippen molar-refractivity contribution < 1.29 is 19.5 Å². The average Bonchev–Trinajstić information content (AvgIpc) is 2.91. The Bertz CT molecular complexity index is 1750. The number of Topliss-reactive ketones (excluding diaryl/α,β-unsaturated/α-hetero) is 1. The van der Waals surface area contributed by atoms with Crippen molar-refractivity contribution in [3.8, 4) is 0 Å². The Balaban J connectivity index is 1.74. The van der Waals surface area contributed by atoms with Crippen LogP contribution in [0.25, 0.3) is 10.9 Å². The Kier molecular flexibility index (Phi) is 9.35. The highest BCUT2D eigenvalue weighted by Crippen LogP contribution is 2.43. The first-order valence-electron chi connectivity index (χ1n) is 10.9. The van der Waals surface area contributed by atoms with Crippen LogP contribution in [0.3, 0.4) is 0 Å². The SMILES string of the molecule is Cc1c(Cl)c(Cl)c(Cl)c(Cl)c1C(=O)Nc1cccc2ccc(CC(=O)c3c(Cl)c(Cl)c(Cl)c(Cl)c3C(=O)O)nc12. The van der Waals surface area contributed by atoms with Gasteiger partial charge < -0.3 is 10.4 Å². The molecule has 4 rings (SSSR count). The van der Waals surface area contributed by atoms with Gasteiger partial charge in [-0.2, -0.15) is 0 Å². The highest BCUT2D eigenvalue weighted by molar-refractivity contribution is 6.54. The number of amides is 1. The number of halogens is 8. The lowest BCUT2D eigenvalue weighted by Crippen LogP contribution is -2.16. The van der Waals surface area contributed by atoms with Crippen LogP contribution in [0.2, 0.25) is 40.2 Å². The molecule has 4 aromatic rings. The van der Waals surface area contributed by atoms with Crippen molar-refractivity contribution in [1.29, 1.82) is 0 Å². The molecule has 0 radical (unpaired) electrons. The van der Waals surface area contributed by atoms with E-state index in [0.717, 1.165) is 0 Å². The number of carbonyl (C=O) groups is 3. The molecule has 0 unspecified atom stereocenters. The number of fused-ring (bicyclic) bond motifs is 1. The molecule has 0 fully saturated rings. The van der Waals surface area contributed by atoms with Gasteiger partial charge in [0.15, 0.2) is 5.78 Å². The van der Waals surface area contributed by atoms with E-state index >= 15 is 0 Å². The van der Waals surface area contributed by atoms with Crippen molar-refractivity contribution in [2.45, 2.75) is 13.3 Å². The monoisotopic (exact) mass is 696 g/mol.